The number of carbonyl (C=O) groups is 1. The third kappa shape index (κ3) is 5.21. The van der Waals surface area contributed by atoms with Crippen LogP contribution in [0, 0.1) is 13.8 Å². The molecular weight excluding hydrogens is 252 g/mol. The van der Waals surface area contributed by atoms with Crippen molar-refractivity contribution in [3.8, 4) is 0 Å². The predicted molar refractivity (Wildman–Crippen MR) is 81.9 cm³/mol. The highest BCUT2D eigenvalue weighted by Gasteiger charge is 2.11. The lowest BCUT2D eigenvalue weighted by molar-refractivity contribution is 0.149. The maximum atomic E-state index is 12.1. The lowest BCUT2D eigenvalue weighted by atomic mass is 10.1. The summed E-state index contributed by atoms with van der Waals surface area (Å²) in [5.41, 5.74) is 3.65. The van der Waals surface area contributed by atoms with Crippen LogP contribution < -0.4 is 5.32 Å². The number of nitrogens with one attached hydrogen (secondary N) is 1. The van der Waals surface area contributed by atoms with Crippen molar-refractivity contribution in [1.82, 2.24) is 10.2 Å². The van der Waals surface area contributed by atoms with Gasteiger partial charge in [-0.15, -0.1) is 0 Å². The number of methoxy groups -OCH3 is 1. The molecule has 0 unspecified atom stereocenters. The fourth-order valence-corrected chi connectivity index (χ4v) is 1.99. The van der Waals surface area contributed by atoms with Gasteiger partial charge in [-0.05, 0) is 37.0 Å². The van der Waals surface area contributed by atoms with Gasteiger partial charge in [-0.3, -0.25) is 0 Å². The molecule has 0 aliphatic rings. The maximum Gasteiger partial charge on any atom is 0.317 e. The summed E-state index contributed by atoms with van der Waals surface area (Å²) < 4.78 is 5.04. The van der Waals surface area contributed by atoms with Crippen molar-refractivity contribution >= 4 is 6.03 Å². The summed E-state index contributed by atoms with van der Waals surface area (Å²) in [6.07, 6.45) is 0.945. The fourth-order valence-electron chi connectivity index (χ4n) is 1.99. The van der Waals surface area contributed by atoms with E-state index < -0.39 is 0 Å². The molecule has 0 fully saturated rings. The van der Waals surface area contributed by atoms with Crippen LogP contribution in [-0.2, 0) is 11.3 Å². The minimum Gasteiger partial charge on any atom is -0.383 e. The zero-order valence-corrected chi connectivity index (χ0v) is 13.0. The van der Waals surface area contributed by atoms with Crippen LogP contribution >= 0.6 is 0 Å². The number of ether oxygens (including phenoxy) is 1. The van der Waals surface area contributed by atoms with Crippen LogP contribution in [-0.4, -0.2) is 37.7 Å². The molecule has 1 rings (SSSR count). The van der Waals surface area contributed by atoms with Gasteiger partial charge in [0.2, 0.25) is 0 Å². The second-order valence-corrected chi connectivity index (χ2v) is 5.06. The molecule has 1 aromatic rings. The average molecular weight is 278 g/mol. The normalized spacial score (nSPS) is 10.4. The number of hydrogen-bond acceptors (Lipinski definition) is 2. The Morgan fingerprint density at radius 2 is 2.00 bits per heavy atom. The van der Waals surface area contributed by atoms with Gasteiger partial charge >= 0.3 is 6.03 Å². The van der Waals surface area contributed by atoms with Gasteiger partial charge < -0.3 is 15.0 Å². The molecule has 4 heteroatoms. The van der Waals surface area contributed by atoms with Gasteiger partial charge in [0.1, 0.15) is 0 Å². The van der Waals surface area contributed by atoms with Gasteiger partial charge in [0.15, 0.2) is 0 Å². The molecule has 1 aromatic carbocycles. The van der Waals surface area contributed by atoms with Gasteiger partial charge in [-0.25, -0.2) is 4.79 Å². The first-order valence-corrected chi connectivity index (χ1v) is 7.16. The number of carbonyl (C=O) groups excluding carboxylic acids is 1. The SMILES string of the molecule is CCCN(CCOC)C(=O)NCc1ccc(C)c(C)c1. The molecule has 2 amide bonds. The van der Waals surface area contributed by atoms with E-state index in [1.54, 1.807) is 12.0 Å². The summed E-state index contributed by atoms with van der Waals surface area (Å²) in [4.78, 5) is 13.9. The van der Waals surface area contributed by atoms with Gasteiger partial charge in [0.05, 0.1) is 6.61 Å². The zero-order chi connectivity index (χ0) is 15.0. The monoisotopic (exact) mass is 278 g/mol. The van der Waals surface area contributed by atoms with E-state index in [9.17, 15) is 4.79 Å². The van der Waals surface area contributed by atoms with Crippen molar-refractivity contribution in [3.63, 3.8) is 0 Å². The number of nitrogens with zero attached hydrogens (tertiary/aromatic N) is 1. The van der Waals surface area contributed by atoms with Crippen molar-refractivity contribution in [2.24, 2.45) is 0 Å². The summed E-state index contributed by atoms with van der Waals surface area (Å²) in [7, 11) is 1.65. The highest BCUT2D eigenvalue weighted by molar-refractivity contribution is 5.74. The largest absolute Gasteiger partial charge is 0.383 e. The molecule has 112 valence electrons. The van der Waals surface area contributed by atoms with Crippen molar-refractivity contribution < 1.29 is 9.53 Å². The first-order chi connectivity index (χ1) is 9.58. The van der Waals surface area contributed by atoms with E-state index in [4.69, 9.17) is 4.74 Å². The summed E-state index contributed by atoms with van der Waals surface area (Å²) >= 11 is 0. The molecule has 0 spiro atoms. The van der Waals surface area contributed by atoms with Crippen LogP contribution in [0.4, 0.5) is 4.79 Å². The zero-order valence-electron chi connectivity index (χ0n) is 13.0. The first kappa shape index (κ1) is 16.5. The van der Waals surface area contributed by atoms with Gasteiger partial charge in [0, 0.05) is 26.7 Å². The van der Waals surface area contributed by atoms with Crippen LogP contribution in [0.3, 0.4) is 0 Å². The Morgan fingerprint density at radius 1 is 1.25 bits per heavy atom. The fraction of sp³-hybridized carbons (Fsp3) is 0.562. The predicted octanol–water partition coefficient (Wildman–Crippen LogP) is 2.87. The van der Waals surface area contributed by atoms with E-state index in [0.717, 1.165) is 18.5 Å². The highest BCUT2D eigenvalue weighted by Crippen LogP contribution is 2.09. The minimum atomic E-state index is -0.0258. The Balaban J connectivity index is 2.52. The van der Waals surface area contributed by atoms with Crippen LogP contribution in [0.2, 0.25) is 0 Å². The molecule has 0 bridgehead atoms. The minimum absolute atomic E-state index is 0.0258. The second kappa shape index (κ2) is 8.59. The Labute approximate surface area is 122 Å². The van der Waals surface area contributed by atoms with Crippen LogP contribution in [0.5, 0.6) is 0 Å². The standard InChI is InChI=1S/C16H26N2O2/c1-5-8-18(9-10-20-4)16(19)17-12-15-7-6-13(2)14(3)11-15/h6-7,11H,5,8-10,12H2,1-4H3,(H,17,19). The van der Waals surface area contributed by atoms with Crippen molar-refractivity contribution in [2.45, 2.75) is 33.7 Å². The van der Waals surface area contributed by atoms with Gasteiger partial charge in [-0.1, -0.05) is 25.1 Å². The van der Waals surface area contributed by atoms with Crippen molar-refractivity contribution in [2.75, 3.05) is 26.8 Å². The molecular formula is C16H26N2O2. The molecule has 0 aromatic heterocycles. The van der Waals surface area contributed by atoms with Gasteiger partial charge in [0.25, 0.3) is 0 Å². The average Bonchev–Trinajstić information content (AvgIpc) is 2.44. The molecule has 0 saturated heterocycles. The molecule has 4 nitrogen and oxygen atoms in total. The number of amides is 2. The Morgan fingerprint density at radius 3 is 2.60 bits per heavy atom. The highest BCUT2D eigenvalue weighted by atomic mass is 16.5. The van der Waals surface area contributed by atoms with Crippen LogP contribution in [0.25, 0.3) is 0 Å². The van der Waals surface area contributed by atoms with E-state index in [-0.39, 0.29) is 6.03 Å². The molecule has 0 saturated carbocycles. The van der Waals surface area contributed by atoms with Gasteiger partial charge in [-0.2, -0.15) is 0 Å². The first-order valence-electron chi connectivity index (χ1n) is 7.16. The molecule has 1 N–H and O–H groups in total. The smallest absolute Gasteiger partial charge is 0.317 e. The number of rotatable bonds is 7. The van der Waals surface area contributed by atoms with Crippen LogP contribution in [0.15, 0.2) is 18.2 Å². The number of urea groups is 1. The Bertz CT molecular complexity index is 432. The summed E-state index contributed by atoms with van der Waals surface area (Å²) in [6, 6.07) is 6.24. The third-order valence-electron chi connectivity index (χ3n) is 3.36. The van der Waals surface area contributed by atoms with E-state index in [1.165, 1.54) is 11.1 Å². The summed E-state index contributed by atoms with van der Waals surface area (Å²) in [5.74, 6) is 0. The van der Waals surface area contributed by atoms with E-state index in [2.05, 4.69) is 44.3 Å². The molecule has 0 atom stereocenters. The quantitative estimate of drug-likeness (QED) is 0.833. The molecule has 0 aliphatic heterocycles. The topological polar surface area (TPSA) is 41.6 Å². The Kier molecular flexibility index (Phi) is 7.09. The van der Waals surface area contributed by atoms with E-state index in [0.29, 0.717) is 19.7 Å². The van der Waals surface area contributed by atoms with E-state index >= 15 is 0 Å². The maximum absolute atomic E-state index is 12.1. The molecule has 20 heavy (non-hydrogen) atoms. The van der Waals surface area contributed by atoms with E-state index in [1.807, 2.05) is 0 Å². The molecule has 0 heterocycles. The lowest BCUT2D eigenvalue weighted by Gasteiger charge is -2.22. The summed E-state index contributed by atoms with van der Waals surface area (Å²) in [6.45, 7) is 8.75. The second-order valence-electron chi connectivity index (χ2n) is 5.06. The van der Waals surface area contributed by atoms with Crippen molar-refractivity contribution in [3.05, 3.63) is 34.9 Å². The molecule has 0 radical (unpaired) electrons. The number of benzene rings is 1. The molecule has 0 aliphatic carbocycles. The van der Waals surface area contributed by atoms with Crippen LogP contribution in [0.1, 0.15) is 30.0 Å². The summed E-state index contributed by atoms with van der Waals surface area (Å²) in [5, 5.41) is 2.97. The lowest BCUT2D eigenvalue weighted by Crippen LogP contribution is -2.41. The number of hydrogen-bond donors (Lipinski definition) is 1. The Hall–Kier alpha value is -1.55. The number of aryl methyl sites for hydroxylation is 2. The van der Waals surface area contributed by atoms with Crippen molar-refractivity contribution in [1.29, 1.82) is 0 Å². The third-order valence-corrected chi connectivity index (χ3v) is 3.36.